The number of benzene rings is 2. The zero-order chi connectivity index (χ0) is 26.0. The summed E-state index contributed by atoms with van der Waals surface area (Å²) in [6.45, 7) is 0. The molecule has 1 amide bonds. The predicted octanol–water partition coefficient (Wildman–Crippen LogP) is 6.03. The van der Waals surface area contributed by atoms with Crippen LogP contribution in [0.3, 0.4) is 0 Å². The van der Waals surface area contributed by atoms with Crippen molar-refractivity contribution in [1.82, 2.24) is 10.3 Å². The molecule has 37 heavy (non-hydrogen) atoms. The highest BCUT2D eigenvalue weighted by molar-refractivity contribution is 8.01. The van der Waals surface area contributed by atoms with E-state index in [1.807, 2.05) is 41.1 Å². The van der Waals surface area contributed by atoms with E-state index in [-0.39, 0.29) is 12.2 Å². The summed E-state index contributed by atoms with van der Waals surface area (Å²) in [6.07, 6.45) is 0.399. The van der Waals surface area contributed by atoms with Crippen molar-refractivity contribution >= 4 is 46.4 Å². The van der Waals surface area contributed by atoms with Gasteiger partial charge in [0.25, 0.3) is 0 Å². The first-order valence-corrected chi connectivity index (χ1v) is 13.7. The molecule has 3 heterocycles. The fraction of sp³-hybridized carbons (Fsp3) is 0.179. The highest BCUT2D eigenvalue weighted by Crippen LogP contribution is 2.41. The van der Waals surface area contributed by atoms with Crippen LogP contribution in [-0.4, -0.2) is 29.0 Å². The second-order valence-electron chi connectivity index (χ2n) is 8.67. The number of halogens is 2. The molecule has 1 saturated heterocycles. The minimum atomic E-state index is -1.11. The molecule has 0 aliphatic carbocycles. The minimum Gasteiger partial charge on any atom is -0.497 e. The van der Waals surface area contributed by atoms with Crippen LogP contribution in [0.4, 0.5) is 4.39 Å². The van der Waals surface area contributed by atoms with Crippen molar-refractivity contribution in [3.8, 4) is 5.75 Å². The second-order valence-corrected chi connectivity index (χ2v) is 11.0. The maximum atomic E-state index is 14.0. The lowest BCUT2D eigenvalue weighted by Gasteiger charge is -2.39. The van der Waals surface area contributed by atoms with Crippen molar-refractivity contribution in [2.24, 2.45) is 0 Å². The Morgan fingerprint density at radius 3 is 2.73 bits per heavy atom. The lowest BCUT2D eigenvalue weighted by molar-refractivity contribution is -0.133. The highest BCUT2D eigenvalue weighted by Gasteiger charge is 2.48. The first-order chi connectivity index (χ1) is 17.9. The molecule has 188 valence electrons. The molecule has 1 fully saturated rings. The Labute approximate surface area is 227 Å². The van der Waals surface area contributed by atoms with Crippen molar-refractivity contribution < 1.29 is 18.7 Å². The summed E-state index contributed by atoms with van der Waals surface area (Å²) < 4.78 is 19.2. The normalized spacial score (nSPS) is 19.5. The number of rotatable bonds is 7. The van der Waals surface area contributed by atoms with E-state index in [0.717, 1.165) is 17.3 Å². The Hall–Kier alpha value is -3.20. The quantitative estimate of drug-likeness (QED) is 0.284. The number of amides is 1. The third-order valence-electron chi connectivity index (χ3n) is 6.20. The first kappa shape index (κ1) is 25.4. The zero-order valence-electron chi connectivity index (χ0n) is 19.7. The summed E-state index contributed by atoms with van der Waals surface area (Å²) in [6, 6.07) is 19.0. The summed E-state index contributed by atoms with van der Waals surface area (Å²) >= 11 is 8.91. The molecule has 0 saturated carbocycles. The smallest absolute Gasteiger partial charge is 0.242 e. The number of nitrogens with one attached hydrogen (secondary N) is 1. The Morgan fingerprint density at radius 1 is 1.16 bits per heavy atom. The van der Waals surface area contributed by atoms with Gasteiger partial charge in [0.1, 0.15) is 22.4 Å². The highest BCUT2D eigenvalue weighted by atomic mass is 35.5. The third-order valence-corrected chi connectivity index (χ3v) is 8.65. The fourth-order valence-corrected chi connectivity index (χ4v) is 6.43. The topological polar surface area (TPSA) is 68.3 Å². The lowest BCUT2D eigenvalue weighted by Crippen LogP contribution is -2.58. The molecule has 2 atom stereocenters. The monoisotopic (exact) mass is 552 g/mol. The lowest BCUT2D eigenvalue weighted by atomic mass is 9.79. The number of piperidine rings is 1. The minimum absolute atomic E-state index is 0.0435. The van der Waals surface area contributed by atoms with Gasteiger partial charge in [-0.15, -0.1) is 11.8 Å². The maximum absolute atomic E-state index is 14.0. The van der Waals surface area contributed by atoms with Gasteiger partial charge in [0.2, 0.25) is 5.91 Å². The maximum Gasteiger partial charge on any atom is 0.242 e. The van der Waals surface area contributed by atoms with Crippen molar-refractivity contribution in [2.45, 2.75) is 28.5 Å². The molecule has 5 nitrogen and oxygen atoms in total. The standard InChI is InChI=1S/C28H22ClFN2O3S2/c1-35-21-13-17(11-19(30)14-21)12-20-5-4-8-25(31-20)28(18-9-10-36-16-18)15-23(33)26(27(34)32-28)37-24-7-3-2-6-22(24)29/h2-11,13-14,16,26H,12,15H2,1H3,(H,32,34). The molecular weight excluding hydrogens is 531 g/mol. The van der Waals surface area contributed by atoms with Crippen LogP contribution in [0.5, 0.6) is 5.75 Å². The number of carbonyl (C=O) groups excluding carboxylic acids is 2. The first-order valence-electron chi connectivity index (χ1n) is 11.5. The summed E-state index contributed by atoms with van der Waals surface area (Å²) in [5.74, 6) is -0.572. The molecule has 2 unspecified atom stereocenters. The van der Waals surface area contributed by atoms with Crippen LogP contribution in [-0.2, 0) is 21.5 Å². The zero-order valence-corrected chi connectivity index (χ0v) is 22.1. The number of carbonyl (C=O) groups is 2. The van der Waals surface area contributed by atoms with E-state index >= 15 is 0 Å². The van der Waals surface area contributed by atoms with Gasteiger partial charge in [0.05, 0.1) is 17.8 Å². The Kier molecular flexibility index (Phi) is 7.33. The molecule has 4 aromatic rings. The average molecular weight is 553 g/mol. The van der Waals surface area contributed by atoms with E-state index in [1.165, 1.54) is 30.6 Å². The largest absolute Gasteiger partial charge is 0.497 e. The van der Waals surface area contributed by atoms with Gasteiger partial charge in [0, 0.05) is 29.5 Å². The molecule has 0 radical (unpaired) electrons. The molecule has 5 rings (SSSR count). The van der Waals surface area contributed by atoms with Gasteiger partial charge in [-0.2, -0.15) is 11.3 Å². The molecule has 2 aromatic heterocycles. The summed E-state index contributed by atoms with van der Waals surface area (Å²) in [5, 5.41) is 6.52. The number of Topliss-reactive ketones (excluding diaryl/α,β-unsaturated/α-hetero) is 1. The molecule has 1 aliphatic rings. The van der Waals surface area contributed by atoms with E-state index in [4.69, 9.17) is 21.3 Å². The van der Waals surface area contributed by atoms with Crippen LogP contribution >= 0.6 is 34.7 Å². The van der Waals surface area contributed by atoms with Crippen LogP contribution in [0.25, 0.3) is 0 Å². The van der Waals surface area contributed by atoms with Gasteiger partial charge < -0.3 is 10.1 Å². The van der Waals surface area contributed by atoms with E-state index in [2.05, 4.69) is 5.32 Å². The Balaban J connectivity index is 1.48. The summed E-state index contributed by atoms with van der Waals surface area (Å²) in [7, 11) is 1.49. The van der Waals surface area contributed by atoms with Crippen LogP contribution in [0.15, 0.2) is 82.4 Å². The summed E-state index contributed by atoms with van der Waals surface area (Å²) in [4.78, 5) is 32.4. The number of thioether (sulfide) groups is 1. The van der Waals surface area contributed by atoms with Gasteiger partial charge in [0.15, 0.2) is 5.78 Å². The number of methoxy groups -OCH3 is 1. The van der Waals surface area contributed by atoms with Gasteiger partial charge in [-0.3, -0.25) is 14.6 Å². The van der Waals surface area contributed by atoms with Gasteiger partial charge in [-0.1, -0.05) is 29.8 Å². The molecular formula is C28H22ClFN2O3S2. The number of hydrogen-bond donors (Lipinski definition) is 1. The number of nitrogens with zero attached hydrogens (tertiary/aromatic N) is 1. The predicted molar refractivity (Wildman–Crippen MR) is 144 cm³/mol. The molecule has 0 spiro atoms. The number of hydrogen-bond acceptors (Lipinski definition) is 6. The van der Waals surface area contributed by atoms with Gasteiger partial charge in [-0.25, -0.2) is 4.39 Å². The van der Waals surface area contributed by atoms with Crippen molar-refractivity contribution in [3.05, 3.63) is 111 Å². The Morgan fingerprint density at radius 2 is 2.00 bits per heavy atom. The van der Waals surface area contributed by atoms with Crippen LogP contribution in [0.1, 0.15) is 28.9 Å². The Bertz CT molecular complexity index is 1440. The van der Waals surface area contributed by atoms with Crippen LogP contribution in [0, 0.1) is 5.82 Å². The summed E-state index contributed by atoms with van der Waals surface area (Å²) in [5.41, 5.74) is 1.61. The fourth-order valence-electron chi connectivity index (χ4n) is 4.46. The molecule has 0 bridgehead atoms. The van der Waals surface area contributed by atoms with Crippen LogP contribution in [0.2, 0.25) is 5.02 Å². The van der Waals surface area contributed by atoms with E-state index in [9.17, 15) is 14.0 Å². The second kappa shape index (κ2) is 10.7. The van der Waals surface area contributed by atoms with Crippen molar-refractivity contribution in [1.29, 1.82) is 0 Å². The van der Waals surface area contributed by atoms with E-state index in [0.29, 0.717) is 39.0 Å². The number of aromatic nitrogens is 1. The van der Waals surface area contributed by atoms with E-state index in [1.54, 1.807) is 24.3 Å². The molecule has 9 heteroatoms. The molecule has 1 N–H and O–H groups in total. The SMILES string of the molecule is COc1cc(F)cc(Cc2cccc(C3(c4ccsc4)CC(=O)C(Sc4ccccc4Cl)C(=O)N3)n2)c1. The van der Waals surface area contributed by atoms with Gasteiger partial charge in [-0.05, 0) is 64.4 Å². The molecule has 1 aliphatic heterocycles. The number of ketones is 1. The van der Waals surface area contributed by atoms with Crippen molar-refractivity contribution in [2.75, 3.05) is 7.11 Å². The third kappa shape index (κ3) is 5.28. The van der Waals surface area contributed by atoms with Gasteiger partial charge >= 0.3 is 0 Å². The number of pyridine rings is 1. The number of ether oxygens (including phenoxy) is 1. The van der Waals surface area contributed by atoms with Crippen LogP contribution < -0.4 is 10.1 Å². The van der Waals surface area contributed by atoms with E-state index < -0.39 is 22.5 Å². The average Bonchev–Trinajstić information content (AvgIpc) is 3.43. The number of thiophene rings is 1. The van der Waals surface area contributed by atoms with Crippen molar-refractivity contribution in [3.63, 3.8) is 0 Å². The molecule has 2 aromatic carbocycles.